The largest absolute Gasteiger partial charge is 0.506 e. The van der Waals surface area contributed by atoms with Gasteiger partial charge in [-0.15, -0.1) is 6.58 Å². The van der Waals surface area contributed by atoms with Crippen LogP contribution in [0.1, 0.15) is 39.7 Å². The number of rotatable bonds is 9. The second kappa shape index (κ2) is 20.9. The molecule has 0 unspecified atom stereocenters. The van der Waals surface area contributed by atoms with Gasteiger partial charge in [0, 0.05) is 43.9 Å². The fourth-order valence-corrected chi connectivity index (χ4v) is 6.88. The molecule has 0 aliphatic carbocycles. The summed E-state index contributed by atoms with van der Waals surface area (Å²) in [5.41, 5.74) is 7.01. The summed E-state index contributed by atoms with van der Waals surface area (Å²) in [5.74, 6) is -3.37. The van der Waals surface area contributed by atoms with Gasteiger partial charge in [-0.1, -0.05) is 44.2 Å². The van der Waals surface area contributed by atoms with Gasteiger partial charge in [0.15, 0.2) is 6.10 Å². The minimum Gasteiger partial charge on any atom is -0.506 e. The molecule has 0 aromatic heterocycles. The molecule has 2 rings (SSSR count). The number of amides is 2. The number of ether oxygens (including phenoxy) is 3. The number of carbonyl (C=O) groups is 2. The van der Waals surface area contributed by atoms with Gasteiger partial charge < -0.3 is 45.9 Å². The van der Waals surface area contributed by atoms with Crippen LogP contribution in [0, 0.1) is 11.8 Å². The highest BCUT2D eigenvalue weighted by Gasteiger charge is 2.30. The minimum absolute atomic E-state index is 0.0416. The van der Waals surface area contributed by atoms with E-state index in [0.717, 1.165) is 0 Å². The van der Waals surface area contributed by atoms with E-state index in [1.54, 1.807) is 38.2 Å². The Morgan fingerprint density at radius 2 is 1.69 bits per heavy atom. The van der Waals surface area contributed by atoms with E-state index in [2.05, 4.69) is 17.2 Å². The molecular weight excluding hydrogens is 727 g/mol. The number of benzene rings is 1. The summed E-state index contributed by atoms with van der Waals surface area (Å²) in [5, 5.41) is 39.1. The average Bonchev–Trinajstić information content (AvgIpc) is 3.04. The normalized spacial score (nSPS) is 26.2. The van der Waals surface area contributed by atoms with Crippen molar-refractivity contribution in [1.29, 1.82) is 0 Å². The van der Waals surface area contributed by atoms with E-state index in [0.29, 0.717) is 41.8 Å². The molecule has 1 aromatic carbocycles. The number of allylic oxidation sites excluding steroid dienone is 2. The summed E-state index contributed by atoms with van der Waals surface area (Å²) >= 11 is 0. The summed E-state index contributed by atoms with van der Waals surface area (Å²) < 4.78 is 72.0. The van der Waals surface area contributed by atoms with E-state index in [4.69, 9.17) is 29.0 Å². The third-order valence-corrected chi connectivity index (χ3v) is 9.55. The molecule has 19 heteroatoms. The number of aliphatic hydroxyl groups is 1. The maximum Gasteiger partial charge on any atom is 0.405 e. The Kier molecular flexibility index (Phi) is 18.5. The molecule has 0 spiro atoms. The first-order chi connectivity index (χ1) is 24.0. The van der Waals surface area contributed by atoms with Crippen molar-refractivity contribution in [1.82, 2.24) is 0 Å². The molecule has 17 nitrogen and oxygen atoms in total. The van der Waals surface area contributed by atoms with E-state index >= 15 is 0 Å². The van der Waals surface area contributed by atoms with Crippen LogP contribution in [0.25, 0.3) is 0 Å². The SMILES string of the molecule is C=CCNc1c(O)cc2c(O)c1C[C@@H](C)C[C@H](OC)[C@H](O)[C@@H](C)/C=C(\C)[C@H](OC(N)=O)[C@@H](OC)/C=C\C=C(/C)C(=O)N2.O=S(=O)(O)CCS(=O)(=O)O. The standard InChI is InChI=1S/C31H45N3O8.C2H6O6S2/c1-8-12-33-26-21-13-17(2)14-25(41-7)27(36)19(4)15-20(5)29(42-31(32)39)24(40-6)11-9-10-18(3)30(38)34-22(28(21)37)16-23(26)35;3-9(4,5)1-2-10(6,7)8/h8-11,15-17,19,24-25,27,29,33,35-37H,1,12-14H2,2-7H3,(H2,32,39)(H,34,38);1-2H2,(H,3,4,5)(H,6,7,8)/b11-9-,18-10+,20-15+;/t17-,19+,24+,25+,27-,29+;/m1./s1. The predicted molar refractivity (Wildman–Crippen MR) is 195 cm³/mol. The van der Waals surface area contributed by atoms with Crippen LogP contribution < -0.4 is 16.4 Å². The second-order valence-corrected chi connectivity index (χ2v) is 15.4. The highest BCUT2D eigenvalue weighted by Crippen LogP contribution is 2.42. The first-order valence-corrected chi connectivity index (χ1v) is 19.1. The molecule has 2 amide bonds. The number of hydrogen-bond donors (Lipinski definition) is 8. The van der Waals surface area contributed by atoms with E-state index in [-0.39, 0.29) is 23.1 Å². The van der Waals surface area contributed by atoms with Crippen molar-refractivity contribution in [3.8, 4) is 11.5 Å². The Morgan fingerprint density at radius 1 is 1.10 bits per heavy atom. The molecular formula is C33H51N3O14S2. The number of fused-ring (bicyclic) bond motifs is 2. The van der Waals surface area contributed by atoms with Gasteiger partial charge in [-0.05, 0) is 38.2 Å². The molecule has 294 valence electrons. The number of nitrogens with one attached hydrogen (secondary N) is 2. The van der Waals surface area contributed by atoms with Crippen molar-refractivity contribution in [2.24, 2.45) is 17.6 Å². The van der Waals surface area contributed by atoms with Crippen LogP contribution in [0.3, 0.4) is 0 Å². The molecule has 6 atom stereocenters. The van der Waals surface area contributed by atoms with Crippen molar-refractivity contribution in [2.75, 3.05) is 42.9 Å². The number of anilines is 2. The molecule has 0 saturated carbocycles. The molecule has 2 bridgehead atoms. The van der Waals surface area contributed by atoms with Crippen LogP contribution in [0.2, 0.25) is 0 Å². The van der Waals surface area contributed by atoms with E-state index in [1.807, 2.05) is 13.8 Å². The van der Waals surface area contributed by atoms with Crippen LogP contribution in [0.15, 0.2) is 54.2 Å². The minimum atomic E-state index is -4.30. The number of carbonyl (C=O) groups excluding carboxylic acids is 2. The van der Waals surface area contributed by atoms with Crippen molar-refractivity contribution >= 4 is 43.6 Å². The van der Waals surface area contributed by atoms with Crippen LogP contribution >= 0.6 is 0 Å². The van der Waals surface area contributed by atoms with Gasteiger partial charge >= 0.3 is 6.09 Å². The van der Waals surface area contributed by atoms with Gasteiger partial charge in [0.2, 0.25) is 0 Å². The topological polar surface area (TPSA) is 281 Å². The zero-order valence-electron chi connectivity index (χ0n) is 30.0. The molecule has 0 fully saturated rings. The van der Waals surface area contributed by atoms with Crippen molar-refractivity contribution in [3.63, 3.8) is 0 Å². The first-order valence-electron chi connectivity index (χ1n) is 15.9. The molecule has 1 aliphatic heterocycles. The monoisotopic (exact) mass is 777 g/mol. The lowest BCUT2D eigenvalue weighted by Crippen LogP contribution is -2.37. The van der Waals surface area contributed by atoms with Gasteiger partial charge in [0.1, 0.15) is 17.6 Å². The number of nitrogens with two attached hydrogens (primary N) is 1. The number of hydrogen-bond acceptors (Lipinski definition) is 13. The highest BCUT2D eigenvalue weighted by atomic mass is 32.2. The molecule has 9 N–H and O–H groups in total. The van der Waals surface area contributed by atoms with Gasteiger partial charge in [0.05, 0.1) is 35.1 Å². The van der Waals surface area contributed by atoms with Crippen molar-refractivity contribution < 1.29 is 65.1 Å². The lowest BCUT2D eigenvalue weighted by Gasteiger charge is -2.29. The third-order valence-electron chi connectivity index (χ3n) is 7.85. The lowest BCUT2D eigenvalue weighted by molar-refractivity contribution is -0.112. The third kappa shape index (κ3) is 15.7. The molecule has 1 aliphatic rings. The van der Waals surface area contributed by atoms with Crippen molar-refractivity contribution in [3.05, 3.63) is 59.7 Å². The summed E-state index contributed by atoms with van der Waals surface area (Å²) in [4.78, 5) is 24.7. The fourth-order valence-electron chi connectivity index (χ4n) is 5.19. The Labute approximate surface area is 304 Å². The van der Waals surface area contributed by atoms with Crippen LogP contribution in [0.4, 0.5) is 16.2 Å². The lowest BCUT2D eigenvalue weighted by atomic mass is 9.87. The number of primary amides is 1. The Morgan fingerprint density at radius 3 is 2.19 bits per heavy atom. The Balaban J connectivity index is 0.00000117. The predicted octanol–water partition coefficient (Wildman–Crippen LogP) is 2.92. The van der Waals surface area contributed by atoms with Gasteiger partial charge in [0.25, 0.3) is 26.1 Å². The Hall–Kier alpha value is -3.98. The zero-order valence-corrected chi connectivity index (χ0v) is 31.6. The van der Waals surface area contributed by atoms with Crippen LogP contribution in [0.5, 0.6) is 11.5 Å². The van der Waals surface area contributed by atoms with E-state index in [9.17, 15) is 41.7 Å². The van der Waals surface area contributed by atoms with Gasteiger partial charge in [-0.3, -0.25) is 13.9 Å². The van der Waals surface area contributed by atoms with Gasteiger partial charge in [-0.2, -0.15) is 16.8 Å². The number of phenolic OH excluding ortho intramolecular Hbond substituents is 2. The van der Waals surface area contributed by atoms with E-state index in [1.165, 1.54) is 26.4 Å². The van der Waals surface area contributed by atoms with Crippen molar-refractivity contribution in [2.45, 2.75) is 65.0 Å². The first kappa shape index (κ1) is 46.0. The molecule has 0 saturated heterocycles. The smallest absolute Gasteiger partial charge is 0.405 e. The van der Waals surface area contributed by atoms with E-state index < -0.39 is 74.1 Å². The summed E-state index contributed by atoms with van der Waals surface area (Å²) in [6, 6.07) is 1.28. The average molecular weight is 778 g/mol. The number of phenols is 2. The van der Waals surface area contributed by atoms with Crippen LogP contribution in [-0.2, 0) is 45.7 Å². The zero-order chi connectivity index (χ0) is 40.0. The molecule has 52 heavy (non-hydrogen) atoms. The summed E-state index contributed by atoms with van der Waals surface area (Å²) in [7, 11) is -5.64. The quantitative estimate of drug-likeness (QED) is 0.0775. The molecule has 1 heterocycles. The maximum atomic E-state index is 13.0. The Bertz CT molecular complexity index is 1680. The molecule has 0 radical (unpaired) electrons. The maximum absolute atomic E-state index is 13.0. The summed E-state index contributed by atoms with van der Waals surface area (Å²) in [6.45, 7) is 11.1. The fraction of sp³-hybridized carbons (Fsp3) is 0.515. The van der Waals surface area contributed by atoms with Gasteiger partial charge in [-0.25, -0.2) is 4.79 Å². The molecule has 1 aromatic rings. The number of aromatic hydroxyl groups is 2. The summed E-state index contributed by atoms with van der Waals surface area (Å²) in [6.07, 6.45) is 4.64. The number of aliphatic hydroxyl groups excluding tert-OH is 1. The second-order valence-electron chi connectivity index (χ2n) is 12.2. The van der Waals surface area contributed by atoms with Crippen LogP contribution in [-0.4, -0.2) is 110 Å². The highest BCUT2D eigenvalue weighted by molar-refractivity contribution is 7.89. The number of methoxy groups -OCH3 is 2.